The number of aliphatic imine (C=N–C) groups is 2. The molecule has 0 saturated heterocycles. The van der Waals surface area contributed by atoms with Crippen LogP contribution in [0.3, 0.4) is 0 Å². The van der Waals surface area contributed by atoms with Crippen molar-refractivity contribution in [3.63, 3.8) is 0 Å². The number of amidine groups is 2. The minimum absolute atomic E-state index is 0.0337. The van der Waals surface area contributed by atoms with Gasteiger partial charge in [0.15, 0.2) is 6.17 Å². The zero-order valence-electron chi connectivity index (χ0n) is 41.2. The molecular formula is C43H29N3O. The first kappa shape index (κ1) is 14.9. The lowest BCUT2D eigenvalue weighted by atomic mass is 9.99. The highest BCUT2D eigenvalue weighted by Gasteiger charge is 2.24. The summed E-state index contributed by atoms with van der Waals surface area (Å²) < 4.78 is 150. The van der Waals surface area contributed by atoms with Crippen molar-refractivity contribution in [1.82, 2.24) is 5.32 Å². The van der Waals surface area contributed by atoms with Gasteiger partial charge in [-0.25, -0.2) is 9.98 Å². The van der Waals surface area contributed by atoms with Crippen molar-refractivity contribution in [3.05, 3.63) is 180 Å². The SMILES string of the molecule is [2H]c1c([2H])c([2H])c(-c2cccc(C3=NC(c4c([2H])c([2H])c([2H])c5oc6c([2H])c([2H])c([2H])c([2H])c6c45)N=C(c4ccc5cc(-c6c([2H])c([2H])c([2H])c([2H])c6[2H])ccc5c4)N3)c2)c([2H])c1[2H]. The van der Waals surface area contributed by atoms with Crippen LogP contribution in [0.2, 0.25) is 0 Å². The number of rotatable bonds is 5. The molecule has 4 heteroatoms. The van der Waals surface area contributed by atoms with E-state index in [2.05, 4.69) is 5.32 Å². The third-order valence-electron chi connectivity index (χ3n) is 7.80. The van der Waals surface area contributed by atoms with E-state index in [1.54, 1.807) is 60.7 Å². The van der Waals surface area contributed by atoms with E-state index < -0.39 is 96.8 Å². The first-order valence-electron chi connectivity index (χ1n) is 23.0. The predicted octanol–water partition coefficient (Wildman–Crippen LogP) is 10.6. The molecule has 1 aliphatic rings. The molecule has 1 atom stereocenters. The molecule has 0 aliphatic carbocycles. The van der Waals surface area contributed by atoms with Crippen molar-refractivity contribution in [2.45, 2.75) is 6.17 Å². The molecule has 1 aromatic heterocycles. The predicted molar refractivity (Wildman–Crippen MR) is 194 cm³/mol. The maximum absolute atomic E-state index is 9.19. The van der Waals surface area contributed by atoms with Crippen molar-refractivity contribution in [2.75, 3.05) is 0 Å². The smallest absolute Gasteiger partial charge is 0.170 e. The summed E-state index contributed by atoms with van der Waals surface area (Å²) in [4.78, 5) is 9.78. The van der Waals surface area contributed by atoms with Gasteiger partial charge in [0.2, 0.25) is 0 Å². The maximum atomic E-state index is 9.19. The van der Waals surface area contributed by atoms with Crippen molar-refractivity contribution < 1.29 is 27.7 Å². The Balaban J connectivity index is 1.26. The van der Waals surface area contributed by atoms with Crippen molar-refractivity contribution in [3.8, 4) is 22.3 Å². The Morgan fingerprint density at radius 3 is 1.83 bits per heavy atom. The summed E-state index contributed by atoms with van der Waals surface area (Å²) in [6, 6.07) is 8.20. The molecule has 0 saturated carbocycles. The van der Waals surface area contributed by atoms with Crippen LogP contribution in [0, 0.1) is 0 Å². The average Bonchev–Trinajstić information content (AvgIpc) is 3.70. The number of fused-ring (bicyclic) bond motifs is 4. The van der Waals surface area contributed by atoms with Gasteiger partial charge >= 0.3 is 0 Å². The molecule has 7 aromatic carbocycles. The van der Waals surface area contributed by atoms with Crippen LogP contribution in [0.15, 0.2) is 178 Å². The molecule has 0 fully saturated rings. The molecule has 222 valence electrons. The first-order chi connectivity index (χ1) is 30.3. The van der Waals surface area contributed by atoms with Crippen LogP contribution in [0.1, 0.15) is 46.2 Å². The van der Waals surface area contributed by atoms with Gasteiger partial charge in [0.25, 0.3) is 0 Å². The number of furan rings is 1. The van der Waals surface area contributed by atoms with Crippen LogP contribution in [-0.4, -0.2) is 11.7 Å². The zero-order valence-corrected chi connectivity index (χ0v) is 24.2. The highest BCUT2D eigenvalue weighted by Crippen LogP contribution is 2.37. The highest BCUT2D eigenvalue weighted by atomic mass is 16.3. The Morgan fingerprint density at radius 1 is 0.511 bits per heavy atom. The molecule has 1 aliphatic heterocycles. The number of hydrogen-bond donors (Lipinski definition) is 1. The van der Waals surface area contributed by atoms with Crippen LogP contribution in [0.25, 0.3) is 55.0 Å². The van der Waals surface area contributed by atoms with Gasteiger partial charge in [0.05, 0.1) is 23.3 Å². The van der Waals surface area contributed by atoms with Crippen LogP contribution in [0.4, 0.5) is 0 Å². The second kappa shape index (κ2) is 11.3. The maximum Gasteiger partial charge on any atom is 0.170 e. The van der Waals surface area contributed by atoms with Crippen molar-refractivity contribution >= 4 is 44.4 Å². The molecule has 4 nitrogen and oxygen atoms in total. The largest absolute Gasteiger partial charge is 0.456 e. The van der Waals surface area contributed by atoms with E-state index in [-0.39, 0.29) is 67.9 Å². The van der Waals surface area contributed by atoms with Crippen molar-refractivity contribution in [2.24, 2.45) is 9.98 Å². The fourth-order valence-electron chi connectivity index (χ4n) is 5.61. The summed E-state index contributed by atoms with van der Waals surface area (Å²) in [5, 5.41) is 4.32. The normalized spacial score (nSPS) is 19.7. The monoisotopic (exact) mass is 620 g/mol. The van der Waals surface area contributed by atoms with Gasteiger partial charge in [0.1, 0.15) is 22.8 Å². The van der Waals surface area contributed by atoms with E-state index >= 15 is 0 Å². The van der Waals surface area contributed by atoms with Gasteiger partial charge in [-0.05, 0) is 63.3 Å². The lowest BCUT2D eigenvalue weighted by molar-refractivity contribution is 0.667. The first-order valence-corrected chi connectivity index (χ1v) is 14.5. The third kappa shape index (κ3) is 4.97. The molecule has 1 N–H and O–H groups in total. The van der Waals surface area contributed by atoms with E-state index in [0.29, 0.717) is 27.5 Å². The molecule has 0 spiro atoms. The summed E-state index contributed by atoms with van der Waals surface area (Å²) in [6.45, 7) is 0. The van der Waals surface area contributed by atoms with Crippen LogP contribution in [-0.2, 0) is 0 Å². The van der Waals surface area contributed by atoms with Crippen LogP contribution < -0.4 is 5.32 Å². The number of nitrogens with one attached hydrogen (secondary N) is 1. The standard InChI is InChI=1S/C43H29N3O/c1-3-11-28(12-4-1)30-15-9-16-34(26-30)41-44-42(35-24-23-32-25-31(21-22-33(32)27-35)29-13-5-2-6-14-29)46-43(45-41)37-18-10-20-39-40(37)36-17-7-8-19-38(36)47-39/h1-27,43H,(H,44,45,46)/i1D,2D,3D,4D,5D,6D,7D,8D,10D,11D,12D,13D,14D,17D,18D,19D,20D. The summed E-state index contributed by atoms with van der Waals surface area (Å²) in [7, 11) is 0. The Hall–Kier alpha value is -6.26. The minimum Gasteiger partial charge on any atom is -0.456 e. The second-order valence-corrected chi connectivity index (χ2v) is 10.6. The van der Waals surface area contributed by atoms with E-state index in [1.807, 2.05) is 0 Å². The molecule has 2 heterocycles. The molecule has 0 bridgehead atoms. The molecular weight excluding hydrogens is 574 g/mol. The van der Waals surface area contributed by atoms with Gasteiger partial charge < -0.3 is 9.73 Å². The molecule has 1 unspecified atom stereocenters. The van der Waals surface area contributed by atoms with Gasteiger partial charge in [0, 0.05) is 27.5 Å². The Kier molecular flexibility index (Phi) is 3.57. The second-order valence-electron chi connectivity index (χ2n) is 10.6. The van der Waals surface area contributed by atoms with Gasteiger partial charge in [-0.1, -0.05) is 133 Å². The van der Waals surface area contributed by atoms with Gasteiger partial charge in [-0.3, -0.25) is 0 Å². The quantitative estimate of drug-likeness (QED) is 0.208. The lowest BCUT2D eigenvalue weighted by Crippen LogP contribution is -2.36. The van der Waals surface area contributed by atoms with Crippen LogP contribution in [0.5, 0.6) is 0 Å². The Labute approximate surface area is 296 Å². The summed E-state index contributed by atoms with van der Waals surface area (Å²) in [5.41, 5.74) is 0.774. The lowest BCUT2D eigenvalue weighted by Gasteiger charge is -2.23. The van der Waals surface area contributed by atoms with Gasteiger partial charge in [-0.15, -0.1) is 0 Å². The fourth-order valence-corrected chi connectivity index (χ4v) is 5.61. The van der Waals surface area contributed by atoms with E-state index in [9.17, 15) is 1.37 Å². The topological polar surface area (TPSA) is 49.9 Å². The van der Waals surface area contributed by atoms with Crippen molar-refractivity contribution in [1.29, 1.82) is 0 Å². The number of para-hydroxylation sites is 1. The average molecular weight is 621 g/mol. The van der Waals surface area contributed by atoms with Crippen LogP contribution >= 0.6 is 0 Å². The molecule has 8 aromatic rings. The Morgan fingerprint density at radius 2 is 1.09 bits per heavy atom. The van der Waals surface area contributed by atoms with E-state index in [0.717, 1.165) is 0 Å². The van der Waals surface area contributed by atoms with E-state index in [1.165, 1.54) is 0 Å². The van der Waals surface area contributed by atoms with Gasteiger partial charge in [-0.2, -0.15) is 0 Å². The number of benzene rings is 7. The molecule has 0 amide bonds. The molecule has 47 heavy (non-hydrogen) atoms. The highest BCUT2D eigenvalue weighted by molar-refractivity contribution is 6.17. The third-order valence-corrected chi connectivity index (χ3v) is 7.80. The number of nitrogens with zero attached hydrogens (tertiary/aromatic N) is 2. The number of hydrogen-bond acceptors (Lipinski definition) is 4. The minimum atomic E-state index is -1.42. The summed E-state index contributed by atoms with van der Waals surface area (Å²) >= 11 is 0. The summed E-state index contributed by atoms with van der Waals surface area (Å²) in [6.07, 6.45) is -1.42. The molecule has 0 radical (unpaired) electrons. The Bertz CT molecular complexity index is 3410. The fraction of sp³-hybridized carbons (Fsp3) is 0.0233. The van der Waals surface area contributed by atoms with E-state index in [4.69, 9.17) is 36.3 Å². The summed E-state index contributed by atoms with van der Waals surface area (Å²) in [5.74, 6) is 0.285. The molecule has 9 rings (SSSR count). The zero-order chi connectivity index (χ0) is 46.0.